The number of aliphatic hydroxyl groups excluding tert-OH is 1. The van der Waals surface area contributed by atoms with Gasteiger partial charge in [-0.25, -0.2) is 4.79 Å². The Labute approximate surface area is 120 Å². The number of fused-ring (bicyclic) bond motifs is 1. The number of amides is 1. The molecule has 1 amide bonds. The lowest BCUT2D eigenvalue weighted by Gasteiger charge is -2.15. The average molecular weight is 283 g/mol. The van der Waals surface area contributed by atoms with Gasteiger partial charge in [-0.3, -0.25) is 4.79 Å². The molecule has 5 nitrogen and oxygen atoms in total. The molecule has 21 heavy (non-hydrogen) atoms. The van der Waals surface area contributed by atoms with E-state index in [0.29, 0.717) is 11.1 Å². The Morgan fingerprint density at radius 1 is 1.19 bits per heavy atom. The lowest BCUT2D eigenvalue weighted by Crippen LogP contribution is -2.08. The Bertz CT molecular complexity index is 739. The summed E-state index contributed by atoms with van der Waals surface area (Å²) in [4.78, 5) is 22.6. The van der Waals surface area contributed by atoms with E-state index in [1.807, 2.05) is 0 Å². The molecule has 0 saturated heterocycles. The molecule has 3 rings (SSSR count). The molecule has 0 bridgehead atoms. The summed E-state index contributed by atoms with van der Waals surface area (Å²) in [6.45, 7) is 0. The van der Waals surface area contributed by atoms with Crippen molar-refractivity contribution in [1.29, 1.82) is 0 Å². The molecule has 1 unspecified atom stereocenters. The van der Waals surface area contributed by atoms with E-state index in [1.165, 1.54) is 6.07 Å². The highest BCUT2D eigenvalue weighted by atomic mass is 16.4. The van der Waals surface area contributed by atoms with Gasteiger partial charge in [0, 0.05) is 5.69 Å². The predicted octanol–water partition coefficient (Wildman–Crippen LogP) is 1.96. The molecule has 2 aromatic rings. The van der Waals surface area contributed by atoms with Gasteiger partial charge in [-0.2, -0.15) is 0 Å². The summed E-state index contributed by atoms with van der Waals surface area (Å²) in [6, 6.07) is 11.5. The molecule has 0 spiro atoms. The maximum absolute atomic E-state index is 11.3. The van der Waals surface area contributed by atoms with Crippen molar-refractivity contribution in [3.8, 4) is 0 Å². The van der Waals surface area contributed by atoms with E-state index in [1.54, 1.807) is 36.4 Å². The number of carboxylic acids is 1. The van der Waals surface area contributed by atoms with Crippen LogP contribution in [0.5, 0.6) is 0 Å². The summed E-state index contributed by atoms with van der Waals surface area (Å²) in [5, 5.41) is 22.4. The largest absolute Gasteiger partial charge is 0.478 e. The fraction of sp³-hybridized carbons (Fsp3) is 0.125. The van der Waals surface area contributed by atoms with Gasteiger partial charge in [-0.05, 0) is 28.8 Å². The third-order valence-electron chi connectivity index (χ3n) is 3.56. The Morgan fingerprint density at radius 2 is 1.95 bits per heavy atom. The minimum Gasteiger partial charge on any atom is -0.478 e. The van der Waals surface area contributed by atoms with Crippen LogP contribution in [-0.4, -0.2) is 22.1 Å². The first kappa shape index (κ1) is 13.3. The predicted molar refractivity (Wildman–Crippen MR) is 76.2 cm³/mol. The molecule has 2 aromatic carbocycles. The summed E-state index contributed by atoms with van der Waals surface area (Å²) in [6.07, 6.45) is -0.769. The molecule has 0 radical (unpaired) electrons. The van der Waals surface area contributed by atoms with Gasteiger partial charge in [-0.15, -0.1) is 0 Å². The van der Waals surface area contributed by atoms with Crippen molar-refractivity contribution in [1.82, 2.24) is 0 Å². The first-order chi connectivity index (χ1) is 10.1. The molecule has 0 fully saturated rings. The average Bonchev–Trinajstić information content (AvgIpc) is 2.85. The van der Waals surface area contributed by atoms with E-state index < -0.39 is 12.1 Å². The summed E-state index contributed by atoms with van der Waals surface area (Å²) >= 11 is 0. The molecule has 5 heteroatoms. The van der Waals surface area contributed by atoms with Gasteiger partial charge in [0.25, 0.3) is 0 Å². The number of hydrogen-bond donors (Lipinski definition) is 3. The Morgan fingerprint density at radius 3 is 2.71 bits per heavy atom. The number of aromatic carboxylic acids is 1. The quantitative estimate of drug-likeness (QED) is 0.803. The number of aliphatic hydroxyl groups is 1. The van der Waals surface area contributed by atoms with Crippen LogP contribution in [0.4, 0.5) is 5.69 Å². The zero-order valence-electron chi connectivity index (χ0n) is 11.0. The molecule has 106 valence electrons. The highest BCUT2D eigenvalue weighted by molar-refractivity contribution is 5.99. The van der Waals surface area contributed by atoms with Gasteiger partial charge in [0.2, 0.25) is 5.91 Å². The number of benzene rings is 2. The molecular formula is C16H13NO4. The van der Waals surface area contributed by atoms with Gasteiger partial charge >= 0.3 is 5.97 Å². The van der Waals surface area contributed by atoms with Crippen LogP contribution in [0.25, 0.3) is 0 Å². The summed E-state index contributed by atoms with van der Waals surface area (Å²) in [5.41, 5.74) is 2.52. The van der Waals surface area contributed by atoms with Gasteiger partial charge in [0.05, 0.1) is 12.0 Å². The highest BCUT2D eigenvalue weighted by Crippen LogP contribution is 2.30. The third kappa shape index (κ3) is 2.39. The molecule has 3 N–H and O–H groups in total. The number of carboxylic acid groups (broad SMARTS) is 1. The van der Waals surface area contributed by atoms with Gasteiger partial charge in [0.15, 0.2) is 0 Å². The van der Waals surface area contributed by atoms with E-state index in [4.69, 9.17) is 0 Å². The van der Waals surface area contributed by atoms with Crippen molar-refractivity contribution >= 4 is 17.6 Å². The van der Waals surface area contributed by atoms with E-state index in [-0.39, 0.29) is 17.9 Å². The van der Waals surface area contributed by atoms with Crippen molar-refractivity contribution in [2.75, 3.05) is 5.32 Å². The number of hydrogen-bond acceptors (Lipinski definition) is 3. The maximum atomic E-state index is 11.3. The number of anilines is 1. The summed E-state index contributed by atoms with van der Waals surface area (Å²) in [5.74, 6) is -1.16. The first-order valence-corrected chi connectivity index (χ1v) is 6.49. The fourth-order valence-electron chi connectivity index (χ4n) is 2.53. The van der Waals surface area contributed by atoms with Crippen LogP contribution in [0.3, 0.4) is 0 Å². The molecular weight excluding hydrogens is 270 g/mol. The number of nitrogens with one attached hydrogen (secondary N) is 1. The Hall–Kier alpha value is -2.66. The zero-order chi connectivity index (χ0) is 15.0. The smallest absolute Gasteiger partial charge is 0.336 e. The van der Waals surface area contributed by atoms with Crippen LogP contribution >= 0.6 is 0 Å². The molecule has 0 saturated carbocycles. The lowest BCUT2D eigenvalue weighted by atomic mass is 9.95. The van der Waals surface area contributed by atoms with Crippen LogP contribution in [0.1, 0.15) is 33.2 Å². The standard InChI is InChI=1S/C16H13NO4/c18-14-8-10-7-9(5-6-13(10)17-14)15(19)11-3-1-2-4-12(11)16(20)21/h1-7,15,19H,8H2,(H,17,18)(H,20,21). The van der Waals surface area contributed by atoms with Crippen LogP contribution < -0.4 is 5.32 Å². The topological polar surface area (TPSA) is 86.6 Å². The molecule has 1 aliphatic rings. The second-order valence-corrected chi connectivity index (χ2v) is 4.94. The maximum Gasteiger partial charge on any atom is 0.336 e. The highest BCUT2D eigenvalue weighted by Gasteiger charge is 2.22. The Kier molecular flexibility index (Phi) is 3.19. The van der Waals surface area contributed by atoms with Gasteiger partial charge in [0.1, 0.15) is 6.10 Å². The summed E-state index contributed by atoms with van der Waals surface area (Å²) in [7, 11) is 0. The molecule has 1 atom stereocenters. The van der Waals surface area contributed by atoms with Crippen LogP contribution in [-0.2, 0) is 11.2 Å². The zero-order valence-corrected chi connectivity index (χ0v) is 11.0. The van der Waals surface area contributed by atoms with Gasteiger partial charge < -0.3 is 15.5 Å². The van der Waals surface area contributed by atoms with Crippen molar-refractivity contribution in [3.05, 3.63) is 64.7 Å². The van der Waals surface area contributed by atoms with Crippen molar-refractivity contribution in [2.24, 2.45) is 0 Å². The third-order valence-corrected chi connectivity index (χ3v) is 3.56. The first-order valence-electron chi connectivity index (χ1n) is 6.49. The Balaban J connectivity index is 2.00. The SMILES string of the molecule is O=C1Cc2cc(C(O)c3ccccc3C(=O)O)ccc2N1. The van der Waals surface area contributed by atoms with Gasteiger partial charge in [-0.1, -0.05) is 30.3 Å². The molecule has 0 aliphatic carbocycles. The normalized spacial score (nSPS) is 14.4. The van der Waals surface area contributed by atoms with E-state index in [0.717, 1.165) is 11.3 Å². The fourth-order valence-corrected chi connectivity index (χ4v) is 2.53. The summed E-state index contributed by atoms with van der Waals surface area (Å²) < 4.78 is 0. The minimum atomic E-state index is -1.08. The van der Waals surface area contributed by atoms with Crippen LogP contribution in [0.2, 0.25) is 0 Å². The lowest BCUT2D eigenvalue weighted by molar-refractivity contribution is -0.115. The molecule has 1 aliphatic heterocycles. The minimum absolute atomic E-state index is 0.0692. The van der Waals surface area contributed by atoms with Crippen molar-refractivity contribution in [3.63, 3.8) is 0 Å². The van der Waals surface area contributed by atoms with Crippen molar-refractivity contribution < 1.29 is 19.8 Å². The second-order valence-electron chi connectivity index (χ2n) is 4.94. The second kappa shape index (κ2) is 5.03. The van der Waals surface area contributed by atoms with Crippen LogP contribution in [0.15, 0.2) is 42.5 Å². The number of carbonyl (C=O) groups excluding carboxylic acids is 1. The van der Waals surface area contributed by atoms with Crippen molar-refractivity contribution in [2.45, 2.75) is 12.5 Å². The number of carbonyl (C=O) groups is 2. The van der Waals surface area contributed by atoms with Crippen LogP contribution in [0, 0.1) is 0 Å². The molecule has 1 heterocycles. The van der Waals surface area contributed by atoms with E-state index in [9.17, 15) is 19.8 Å². The molecule has 0 aromatic heterocycles. The van der Waals surface area contributed by atoms with E-state index >= 15 is 0 Å². The van der Waals surface area contributed by atoms with E-state index in [2.05, 4.69) is 5.32 Å². The number of rotatable bonds is 3. The monoisotopic (exact) mass is 283 g/mol.